The molecule has 0 bridgehead atoms. The molecule has 4 nitrogen and oxygen atoms in total. The van der Waals surface area contributed by atoms with Crippen LogP contribution in [0.4, 0.5) is 0 Å². The van der Waals surface area contributed by atoms with Crippen LogP contribution < -0.4 is 5.32 Å². The molecule has 0 amide bonds. The minimum absolute atomic E-state index is 0.387. The predicted octanol–water partition coefficient (Wildman–Crippen LogP) is 2.12. The fourth-order valence-electron chi connectivity index (χ4n) is 2.11. The fraction of sp³-hybridized carbons (Fsp3) is 1.00. The first-order chi connectivity index (χ1) is 9.60. The van der Waals surface area contributed by atoms with Crippen LogP contribution in [0.2, 0.25) is 0 Å². The molecule has 0 heterocycles. The van der Waals surface area contributed by atoms with E-state index in [4.69, 9.17) is 4.74 Å². The third-order valence-corrected chi connectivity index (χ3v) is 3.48. The lowest BCUT2D eigenvalue weighted by atomic mass is 10.1. The van der Waals surface area contributed by atoms with Crippen molar-refractivity contribution >= 4 is 0 Å². The molecule has 20 heavy (non-hydrogen) atoms. The van der Waals surface area contributed by atoms with Crippen LogP contribution in [-0.4, -0.2) is 62.0 Å². The van der Waals surface area contributed by atoms with Gasteiger partial charge in [-0.3, -0.25) is 0 Å². The molecule has 0 saturated carbocycles. The third kappa shape index (κ3) is 12.9. The molecule has 0 aliphatic heterocycles. The van der Waals surface area contributed by atoms with Gasteiger partial charge >= 0.3 is 0 Å². The van der Waals surface area contributed by atoms with Crippen molar-refractivity contribution in [3.63, 3.8) is 0 Å². The largest absolute Gasteiger partial charge is 0.389 e. The van der Waals surface area contributed by atoms with Gasteiger partial charge in [0.15, 0.2) is 0 Å². The lowest BCUT2D eigenvalue weighted by Crippen LogP contribution is -2.33. The summed E-state index contributed by atoms with van der Waals surface area (Å²) in [4.78, 5) is 2.41. The van der Waals surface area contributed by atoms with Gasteiger partial charge in [-0.05, 0) is 51.4 Å². The van der Waals surface area contributed by atoms with Gasteiger partial charge in [0.25, 0.3) is 0 Å². The molecule has 0 saturated heterocycles. The van der Waals surface area contributed by atoms with Gasteiger partial charge < -0.3 is 20.1 Å². The maximum Gasteiger partial charge on any atom is 0.0897 e. The van der Waals surface area contributed by atoms with E-state index >= 15 is 0 Å². The number of aliphatic hydroxyl groups excluding tert-OH is 1. The first-order valence-electron chi connectivity index (χ1n) is 8.28. The van der Waals surface area contributed by atoms with Gasteiger partial charge in [-0.2, -0.15) is 0 Å². The number of nitrogens with one attached hydrogen (secondary N) is 1. The standard InChI is InChI=1S/C16H36N2O2/c1-5-18(6-2)11-8-10-17-13-16(19)14-20-12-7-9-15(3)4/h15-17,19H,5-14H2,1-4H3. The van der Waals surface area contributed by atoms with E-state index in [1.807, 2.05) is 0 Å². The van der Waals surface area contributed by atoms with E-state index < -0.39 is 0 Å². The van der Waals surface area contributed by atoms with Crippen molar-refractivity contribution < 1.29 is 9.84 Å². The first kappa shape index (κ1) is 19.8. The third-order valence-electron chi connectivity index (χ3n) is 3.48. The average molecular weight is 288 g/mol. The summed E-state index contributed by atoms with van der Waals surface area (Å²) in [6.07, 6.45) is 3.02. The number of rotatable bonds is 14. The summed E-state index contributed by atoms with van der Waals surface area (Å²) in [5.74, 6) is 0.732. The molecule has 0 aliphatic rings. The summed E-state index contributed by atoms with van der Waals surface area (Å²) in [6, 6.07) is 0. The van der Waals surface area contributed by atoms with Gasteiger partial charge in [0.05, 0.1) is 12.7 Å². The normalized spacial score (nSPS) is 13.3. The lowest BCUT2D eigenvalue weighted by Gasteiger charge is -2.18. The Bertz CT molecular complexity index is 197. The van der Waals surface area contributed by atoms with Crippen LogP contribution in [-0.2, 0) is 4.74 Å². The second-order valence-corrected chi connectivity index (χ2v) is 5.85. The highest BCUT2D eigenvalue weighted by molar-refractivity contribution is 4.60. The van der Waals surface area contributed by atoms with Gasteiger partial charge in [-0.1, -0.05) is 27.7 Å². The van der Waals surface area contributed by atoms with Crippen LogP contribution in [0.15, 0.2) is 0 Å². The summed E-state index contributed by atoms with van der Waals surface area (Å²) in [7, 11) is 0. The van der Waals surface area contributed by atoms with Gasteiger partial charge in [0.1, 0.15) is 0 Å². The molecule has 1 atom stereocenters. The molecule has 122 valence electrons. The van der Waals surface area contributed by atoms with Gasteiger partial charge in [-0.25, -0.2) is 0 Å². The van der Waals surface area contributed by atoms with Crippen LogP contribution in [0.25, 0.3) is 0 Å². The van der Waals surface area contributed by atoms with Crippen molar-refractivity contribution in [2.45, 2.75) is 53.1 Å². The zero-order valence-electron chi connectivity index (χ0n) is 14.0. The van der Waals surface area contributed by atoms with Gasteiger partial charge in [0.2, 0.25) is 0 Å². The van der Waals surface area contributed by atoms with Crippen molar-refractivity contribution in [2.75, 3.05) is 45.9 Å². The van der Waals surface area contributed by atoms with Crippen molar-refractivity contribution in [3.05, 3.63) is 0 Å². The Morgan fingerprint density at radius 2 is 1.85 bits per heavy atom. The summed E-state index contributed by atoms with van der Waals surface area (Å²) < 4.78 is 5.48. The van der Waals surface area contributed by atoms with E-state index in [9.17, 15) is 5.11 Å². The number of aliphatic hydroxyl groups is 1. The number of hydrogen-bond acceptors (Lipinski definition) is 4. The van der Waals surface area contributed by atoms with Crippen molar-refractivity contribution in [2.24, 2.45) is 5.92 Å². The molecular weight excluding hydrogens is 252 g/mol. The quantitative estimate of drug-likeness (QED) is 0.481. The topological polar surface area (TPSA) is 44.7 Å². The van der Waals surface area contributed by atoms with Crippen LogP contribution in [0.3, 0.4) is 0 Å². The minimum atomic E-state index is -0.387. The Morgan fingerprint density at radius 1 is 1.15 bits per heavy atom. The maximum atomic E-state index is 9.76. The highest BCUT2D eigenvalue weighted by Crippen LogP contribution is 2.03. The second-order valence-electron chi connectivity index (χ2n) is 5.85. The predicted molar refractivity (Wildman–Crippen MR) is 86.2 cm³/mol. The minimum Gasteiger partial charge on any atom is -0.389 e. The monoisotopic (exact) mass is 288 g/mol. The van der Waals surface area contributed by atoms with E-state index in [1.165, 1.54) is 6.42 Å². The highest BCUT2D eigenvalue weighted by Gasteiger charge is 2.04. The first-order valence-corrected chi connectivity index (χ1v) is 8.28. The van der Waals surface area contributed by atoms with Crippen molar-refractivity contribution in [1.82, 2.24) is 10.2 Å². The Balaban J connectivity index is 3.30. The number of nitrogens with zero attached hydrogens (tertiary/aromatic N) is 1. The SMILES string of the molecule is CCN(CC)CCCNCC(O)COCCCC(C)C. The second kappa shape index (κ2) is 13.8. The molecular formula is C16H36N2O2. The number of hydrogen-bond donors (Lipinski definition) is 2. The zero-order valence-corrected chi connectivity index (χ0v) is 14.0. The molecule has 0 aromatic carbocycles. The van der Waals surface area contributed by atoms with Crippen LogP contribution in [0.1, 0.15) is 47.0 Å². The summed E-state index contributed by atoms with van der Waals surface area (Å²) in [5, 5.41) is 13.1. The van der Waals surface area contributed by atoms with Gasteiger partial charge in [0, 0.05) is 13.2 Å². The average Bonchev–Trinajstić information content (AvgIpc) is 2.42. The lowest BCUT2D eigenvalue weighted by molar-refractivity contribution is 0.0348. The molecule has 0 spiro atoms. The molecule has 0 aliphatic carbocycles. The highest BCUT2D eigenvalue weighted by atomic mass is 16.5. The molecule has 0 rings (SSSR count). The van der Waals surface area contributed by atoms with Crippen LogP contribution in [0, 0.1) is 5.92 Å². The number of ether oxygens (including phenoxy) is 1. The molecule has 4 heteroatoms. The van der Waals surface area contributed by atoms with E-state index in [0.717, 1.165) is 51.5 Å². The summed E-state index contributed by atoms with van der Waals surface area (Å²) >= 11 is 0. The van der Waals surface area contributed by atoms with E-state index in [-0.39, 0.29) is 6.10 Å². The van der Waals surface area contributed by atoms with E-state index in [2.05, 4.69) is 37.9 Å². The molecule has 0 radical (unpaired) electrons. The van der Waals surface area contributed by atoms with Crippen molar-refractivity contribution in [1.29, 1.82) is 0 Å². The van der Waals surface area contributed by atoms with Crippen LogP contribution >= 0.6 is 0 Å². The smallest absolute Gasteiger partial charge is 0.0897 e. The van der Waals surface area contributed by atoms with Gasteiger partial charge in [-0.15, -0.1) is 0 Å². The Kier molecular flexibility index (Phi) is 13.7. The Morgan fingerprint density at radius 3 is 2.45 bits per heavy atom. The van der Waals surface area contributed by atoms with E-state index in [1.54, 1.807) is 0 Å². The fourth-order valence-corrected chi connectivity index (χ4v) is 2.11. The molecule has 0 aromatic rings. The molecule has 2 N–H and O–H groups in total. The van der Waals surface area contributed by atoms with Crippen LogP contribution in [0.5, 0.6) is 0 Å². The van der Waals surface area contributed by atoms with Crippen molar-refractivity contribution in [3.8, 4) is 0 Å². The zero-order chi connectivity index (χ0) is 15.2. The Hall–Kier alpha value is -0.160. The molecule has 0 aromatic heterocycles. The van der Waals surface area contributed by atoms with E-state index in [0.29, 0.717) is 13.2 Å². The Labute approximate surface area is 125 Å². The summed E-state index contributed by atoms with van der Waals surface area (Å²) in [6.45, 7) is 15.0. The molecule has 0 fully saturated rings. The maximum absolute atomic E-state index is 9.76. The summed E-state index contributed by atoms with van der Waals surface area (Å²) in [5.41, 5.74) is 0. The molecule has 1 unspecified atom stereocenters.